The molecule has 4 amide bonds. The smallest absolute Gasteiger partial charge is 0.261 e. The number of unbranched alkanes of at least 4 members (excludes halogenated alkanes) is 6. The summed E-state index contributed by atoms with van der Waals surface area (Å²) in [7, 11) is 1.74. The first kappa shape index (κ1) is 34.9. The van der Waals surface area contributed by atoms with Crippen molar-refractivity contribution in [3.8, 4) is 0 Å². The molecule has 7 heteroatoms. The van der Waals surface area contributed by atoms with Crippen molar-refractivity contribution < 1.29 is 19.2 Å². The molecule has 0 N–H and O–H groups in total. The summed E-state index contributed by atoms with van der Waals surface area (Å²) in [6, 6.07) is 15.3. The van der Waals surface area contributed by atoms with Crippen LogP contribution in [0.25, 0.3) is 43.1 Å². The summed E-state index contributed by atoms with van der Waals surface area (Å²) in [6.45, 7) is 4.69. The molecule has 3 aliphatic rings. The van der Waals surface area contributed by atoms with Crippen LogP contribution in [0, 0.1) is 5.92 Å². The van der Waals surface area contributed by atoms with Gasteiger partial charge in [-0.3, -0.25) is 34.0 Å². The van der Waals surface area contributed by atoms with Gasteiger partial charge >= 0.3 is 0 Å². The minimum atomic E-state index is -0.282. The van der Waals surface area contributed by atoms with Crippen molar-refractivity contribution in [3.05, 3.63) is 94.6 Å². The van der Waals surface area contributed by atoms with Gasteiger partial charge in [0.1, 0.15) is 0 Å². The molecule has 0 saturated heterocycles. The molecule has 0 fully saturated rings. The van der Waals surface area contributed by atoms with Crippen molar-refractivity contribution in [3.63, 3.8) is 0 Å². The number of carbonyl (C=O) groups excluding carboxylic acids is 4. The van der Waals surface area contributed by atoms with Crippen LogP contribution in [-0.2, 0) is 0 Å². The third-order valence-electron chi connectivity index (χ3n) is 11.8. The number of hydrogen-bond acceptors (Lipinski definition) is 5. The van der Waals surface area contributed by atoms with E-state index in [2.05, 4.69) is 31.0 Å². The molecule has 0 radical (unpaired) electrons. The number of aliphatic imine (C=N–C) groups is 1. The standard InChI is InChI=1S/C46H47N3O4/c1-4-6-8-10-12-30(13-11-9-7-5-2)49-45(52)37-24-20-33-31-18-22-35-41-36(44(51)48(43(35)50)27-29-16-14-28(15-17-29)26-47-3)23-19-32(39(31)41)34-21-25-38(46(49)53)42(37)40(33)34/h14-16,18-26,29-30H,4-13,17,27H2,1-3H3. The van der Waals surface area contributed by atoms with Gasteiger partial charge in [0.25, 0.3) is 23.6 Å². The lowest BCUT2D eigenvalue weighted by molar-refractivity contribution is 0.0514. The van der Waals surface area contributed by atoms with E-state index < -0.39 is 0 Å². The van der Waals surface area contributed by atoms with Crippen LogP contribution in [-0.4, -0.2) is 59.3 Å². The van der Waals surface area contributed by atoms with E-state index in [9.17, 15) is 19.2 Å². The summed E-state index contributed by atoms with van der Waals surface area (Å²) in [5.74, 6) is -0.942. The summed E-state index contributed by atoms with van der Waals surface area (Å²) >= 11 is 0. The first-order valence-corrected chi connectivity index (χ1v) is 19.6. The number of benzene rings is 5. The zero-order chi connectivity index (χ0) is 36.8. The van der Waals surface area contributed by atoms with Gasteiger partial charge < -0.3 is 0 Å². The Kier molecular flexibility index (Phi) is 9.44. The molecule has 7 nitrogen and oxygen atoms in total. The van der Waals surface area contributed by atoms with Gasteiger partial charge in [-0.1, -0.05) is 108 Å². The monoisotopic (exact) mass is 705 g/mol. The minimum absolute atomic E-state index is 0.0246. The fraction of sp³-hybridized carbons (Fsp3) is 0.370. The summed E-state index contributed by atoms with van der Waals surface area (Å²) in [6.07, 6.45) is 19.1. The fourth-order valence-electron chi connectivity index (χ4n) is 9.15. The highest BCUT2D eigenvalue weighted by atomic mass is 16.2. The third-order valence-corrected chi connectivity index (χ3v) is 11.8. The van der Waals surface area contributed by atoms with Gasteiger partial charge in [0.15, 0.2) is 0 Å². The number of nitrogens with zero attached hydrogens (tertiary/aromatic N) is 3. The van der Waals surface area contributed by atoms with Crippen molar-refractivity contribution in [1.82, 2.24) is 9.80 Å². The maximum absolute atomic E-state index is 14.4. The number of fused-ring (bicyclic) bond motifs is 2. The molecular formula is C46H47N3O4. The second kappa shape index (κ2) is 14.3. The maximum atomic E-state index is 14.4. The predicted molar refractivity (Wildman–Crippen MR) is 215 cm³/mol. The molecule has 2 heterocycles. The molecule has 2 aliphatic heterocycles. The first-order valence-electron chi connectivity index (χ1n) is 19.6. The molecule has 1 aliphatic carbocycles. The molecule has 5 aromatic carbocycles. The molecule has 0 bridgehead atoms. The highest BCUT2D eigenvalue weighted by Crippen LogP contribution is 2.46. The first-order chi connectivity index (χ1) is 25.9. The van der Waals surface area contributed by atoms with Gasteiger partial charge in [0.05, 0.1) is 0 Å². The second-order valence-electron chi connectivity index (χ2n) is 15.1. The van der Waals surface area contributed by atoms with Gasteiger partial charge in [-0.25, -0.2) is 0 Å². The molecule has 0 saturated carbocycles. The SMILES string of the molecule is CCCCCCC(CCCCCC)N1C(=O)c2ccc3c4ccc5c6c(ccc(c7ccc(c2c37)C1=O)c64)C(=O)N(CC1C=CC(C=NC)=CC1)C5=O. The lowest BCUT2D eigenvalue weighted by atomic mass is 9.81. The molecule has 8 rings (SSSR count). The predicted octanol–water partition coefficient (Wildman–Crippen LogP) is 10.4. The number of imide groups is 2. The molecule has 53 heavy (non-hydrogen) atoms. The topological polar surface area (TPSA) is 87.1 Å². The summed E-state index contributed by atoms with van der Waals surface area (Å²) < 4.78 is 0. The van der Waals surface area contributed by atoms with Crippen LogP contribution in [0.1, 0.15) is 126 Å². The zero-order valence-electron chi connectivity index (χ0n) is 31.0. The normalized spacial score (nSPS) is 17.4. The lowest BCUT2D eigenvalue weighted by Crippen LogP contribution is -2.47. The fourth-order valence-corrected chi connectivity index (χ4v) is 9.15. The van der Waals surface area contributed by atoms with Gasteiger partial charge in [0, 0.05) is 58.9 Å². The number of carbonyl (C=O) groups is 4. The van der Waals surface area contributed by atoms with Crippen LogP contribution in [0.5, 0.6) is 0 Å². The lowest BCUT2D eigenvalue weighted by Gasteiger charge is -2.35. The average molecular weight is 706 g/mol. The van der Waals surface area contributed by atoms with E-state index >= 15 is 0 Å². The molecule has 0 aromatic heterocycles. The van der Waals surface area contributed by atoms with Gasteiger partial charge in [-0.05, 0) is 87.3 Å². The Morgan fingerprint density at radius 2 is 1.11 bits per heavy atom. The Bertz CT molecular complexity index is 2270. The van der Waals surface area contributed by atoms with E-state index in [0.717, 1.165) is 109 Å². The van der Waals surface area contributed by atoms with E-state index in [1.54, 1.807) is 18.2 Å². The Balaban J connectivity index is 1.19. The van der Waals surface area contributed by atoms with E-state index in [1.807, 2.05) is 54.6 Å². The highest BCUT2D eigenvalue weighted by molar-refractivity contribution is 6.41. The molecule has 0 spiro atoms. The largest absolute Gasteiger partial charge is 0.296 e. The van der Waals surface area contributed by atoms with Gasteiger partial charge in [-0.15, -0.1) is 0 Å². The number of allylic oxidation sites excluding steroid dienone is 3. The van der Waals surface area contributed by atoms with Gasteiger partial charge in [0.2, 0.25) is 0 Å². The quantitative estimate of drug-likeness (QED) is 0.0378. The maximum Gasteiger partial charge on any atom is 0.261 e. The summed E-state index contributed by atoms with van der Waals surface area (Å²) in [5, 5.41) is 6.78. The highest BCUT2D eigenvalue weighted by Gasteiger charge is 2.39. The Labute approximate surface area is 310 Å². The summed E-state index contributed by atoms with van der Waals surface area (Å²) in [4.78, 5) is 64.1. The van der Waals surface area contributed by atoms with Crippen molar-refractivity contribution >= 4 is 72.9 Å². The Morgan fingerprint density at radius 3 is 1.53 bits per heavy atom. The summed E-state index contributed by atoms with van der Waals surface area (Å²) in [5.41, 5.74) is 3.21. The molecule has 270 valence electrons. The van der Waals surface area contributed by atoms with Crippen molar-refractivity contribution in [2.75, 3.05) is 13.6 Å². The van der Waals surface area contributed by atoms with Crippen LogP contribution >= 0.6 is 0 Å². The average Bonchev–Trinajstić information content (AvgIpc) is 3.17. The Hall–Kier alpha value is -5.17. The van der Waals surface area contributed by atoms with E-state index in [1.165, 1.54) is 4.90 Å². The van der Waals surface area contributed by atoms with E-state index in [-0.39, 0.29) is 35.6 Å². The van der Waals surface area contributed by atoms with Crippen LogP contribution < -0.4 is 0 Å². The van der Waals surface area contributed by atoms with E-state index in [4.69, 9.17) is 0 Å². The van der Waals surface area contributed by atoms with Crippen molar-refractivity contribution in [1.29, 1.82) is 0 Å². The Morgan fingerprint density at radius 1 is 0.642 bits per heavy atom. The molecular weight excluding hydrogens is 659 g/mol. The number of amides is 4. The molecule has 1 atom stereocenters. The number of hydrogen-bond donors (Lipinski definition) is 0. The molecule has 1 unspecified atom stereocenters. The van der Waals surface area contributed by atoms with Crippen LogP contribution in [0.3, 0.4) is 0 Å². The van der Waals surface area contributed by atoms with Crippen LogP contribution in [0.2, 0.25) is 0 Å². The van der Waals surface area contributed by atoms with Gasteiger partial charge in [-0.2, -0.15) is 0 Å². The second-order valence-corrected chi connectivity index (χ2v) is 15.1. The van der Waals surface area contributed by atoms with E-state index in [0.29, 0.717) is 39.6 Å². The number of rotatable bonds is 14. The zero-order valence-corrected chi connectivity index (χ0v) is 31.0. The minimum Gasteiger partial charge on any atom is -0.296 e. The van der Waals surface area contributed by atoms with Crippen LogP contribution in [0.4, 0.5) is 0 Å². The third kappa shape index (κ3) is 5.76. The van der Waals surface area contributed by atoms with Crippen LogP contribution in [0.15, 0.2) is 77.3 Å². The molecule has 5 aromatic rings. The van der Waals surface area contributed by atoms with Crippen molar-refractivity contribution in [2.24, 2.45) is 10.9 Å². The van der Waals surface area contributed by atoms with Crippen molar-refractivity contribution in [2.45, 2.75) is 90.5 Å².